The van der Waals surface area contributed by atoms with Crippen LogP contribution in [0.2, 0.25) is 0 Å². The van der Waals surface area contributed by atoms with Gasteiger partial charge in [0.15, 0.2) is 5.16 Å². The average Bonchev–Trinajstić information content (AvgIpc) is 2.54. The van der Waals surface area contributed by atoms with Gasteiger partial charge in [-0.05, 0) is 12.0 Å². The van der Waals surface area contributed by atoms with Crippen LogP contribution in [0.15, 0.2) is 41.6 Å². The fraction of sp³-hybridized carbons (Fsp3) is 0.267. The molecule has 0 aliphatic rings. The Kier molecular flexibility index (Phi) is 5.57. The van der Waals surface area contributed by atoms with E-state index in [1.165, 1.54) is 26.0 Å². The zero-order valence-corrected chi connectivity index (χ0v) is 12.7. The Morgan fingerprint density at radius 1 is 1.14 bits per heavy atom. The summed E-state index contributed by atoms with van der Waals surface area (Å²) in [5.41, 5.74) is 1.09. The van der Waals surface area contributed by atoms with Gasteiger partial charge in [0.1, 0.15) is 6.29 Å². The van der Waals surface area contributed by atoms with Crippen LogP contribution in [0.1, 0.15) is 5.56 Å². The van der Waals surface area contributed by atoms with E-state index in [1.807, 2.05) is 30.3 Å². The Hall–Kier alpha value is -2.08. The summed E-state index contributed by atoms with van der Waals surface area (Å²) in [5.74, 6) is 0.822. The van der Waals surface area contributed by atoms with Gasteiger partial charge in [-0.25, -0.2) is 0 Å². The number of benzene rings is 1. The molecule has 1 unspecified atom stereocenters. The highest BCUT2D eigenvalue weighted by molar-refractivity contribution is 8.00. The summed E-state index contributed by atoms with van der Waals surface area (Å²) in [4.78, 5) is 19.7. The van der Waals surface area contributed by atoms with Crippen LogP contribution >= 0.6 is 11.8 Å². The van der Waals surface area contributed by atoms with Gasteiger partial charge in [-0.2, -0.15) is 9.97 Å². The number of carbonyl (C=O) groups is 1. The van der Waals surface area contributed by atoms with Crippen LogP contribution in [0.4, 0.5) is 0 Å². The van der Waals surface area contributed by atoms with Crippen molar-refractivity contribution in [3.8, 4) is 11.8 Å². The molecule has 0 N–H and O–H groups in total. The summed E-state index contributed by atoms with van der Waals surface area (Å²) in [6, 6.07) is 11.4. The third-order valence-corrected chi connectivity index (χ3v) is 3.74. The highest BCUT2D eigenvalue weighted by atomic mass is 32.2. The first kappa shape index (κ1) is 15.3. The number of rotatable bonds is 7. The lowest BCUT2D eigenvalue weighted by molar-refractivity contribution is -0.107. The van der Waals surface area contributed by atoms with Gasteiger partial charge < -0.3 is 14.3 Å². The molecule has 2 rings (SSSR count). The molecule has 0 amide bonds. The van der Waals surface area contributed by atoms with E-state index in [4.69, 9.17) is 9.47 Å². The first-order valence-electron chi connectivity index (χ1n) is 6.38. The van der Waals surface area contributed by atoms with Crippen LogP contribution < -0.4 is 9.47 Å². The minimum Gasteiger partial charge on any atom is -0.481 e. The van der Waals surface area contributed by atoms with Crippen LogP contribution in [0.5, 0.6) is 11.8 Å². The highest BCUT2D eigenvalue weighted by Gasteiger charge is 2.14. The summed E-state index contributed by atoms with van der Waals surface area (Å²) in [7, 11) is 3.05. The van der Waals surface area contributed by atoms with Crippen molar-refractivity contribution in [1.82, 2.24) is 9.97 Å². The summed E-state index contributed by atoms with van der Waals surface area (Å²) in [5, 5.41) is 0.198. The van der Waals surface area contributed by atoms with Crippen LogP contribution in [0.3, 0.4) is 0 Å². The van der Waals surface area contributed by atoms with Crippen LogP contribution in [-0.2, 0) is 11.2 Å². The lowest BCUT2D eigenvalue weighted by Crippen LogP contribution is -2.09. The van der Waals surface area contributed by atoms with E-state index >= 15 is 0 Å². The Morgan fingerprint density at radius 3 is 2.29 bits per heavy atom. The molecule has 0 saturated heterocycles. The number of nitrogens with zero attached hydrogens (tertiary/aromatic N) is 2. The maximum absolute atomic E-state index is 11.3. The Bertz CT molecular complexity index is 570. The quantitative estimate of drug-likeness (QED) is 0.445. The summed E-state index contributed by atoms with van der Waals surface area (Å²) < 4.78 is 10.2. The normalized spacial score (nSPS) is 11.7. The molecule has 0 bridgehead atoms. The van der Waals surface area contributed by atoms with Crippen molar-refractivity contribution < 1.29 is 14.3 Å². The summed E-state index contributed by atoms with van der Waals surface area (Å²) >= 11 is 1.29. The average molecular weight is 304 g/mol. The van der Waals surface area contributed by atoms with Crippen molar-refractivity contribution in [2.24, 2.45) is 0 Å². The molecule has 0 radical (unpaired) electrons. The number of aldehydes is 1. The first-order valence-corrected chi connectivity index (χ1v) is 7.26. The van der Waals surface area contributed by atoms with E-state index in [1.54, 1.807) is 6.07 Å². The topological polar surface area (TPSA) is 61.3 Å². The van der Waals surface area contributed by atoms with Gasteiger partial charge in [-0.15, -0.1) is 0 Å². The number of ether oxygens (including phenoxy) is 2. The molecule has 1 atom stereocenters. The monoisotopic (exact) mass is 304 g/mol. The molecule has 5 nitrogen and oxygen atoms in total. The zero-order chi connectivity index (χ0) is 15.1. The van der Waals surface area contributed by atoms with Crippen molar-refractivity contribution in [2.75, 3.05) is 14.2 Å². The number of methoxy groups -OCH3 is 2. The molecular formula is C15H16N2O3S. The number of hydrogen-bond acceptors (Lipinski definition) is 6. The molecule has 1 aromatic carbocycles. The van der Waals surface area contributed by atoms with Crippen LogP contribution in [0, 0.1) is 0 Å². The third-order valence-electron chi connectivity index (χ3n) is 2.77. The zero-order valence-electron chi connectivity index (χ0n) is 11.9. The van der Waals surface area contributed by atoms with E-state index in [2.05, 4.69) is 9.97 Å². The van der Waals surface area contributed by atoms with Gasteiger partial charge in [-0.3, -0.25) is 0 Å². The number of hydrogen-bond donors (Lipinski definition) is 0. The van der Waals surface area contributed by atoms with Crippen molar-refractivity contribution in [3.05, 3.63) is 42.0 Å². The Labute approximate surface area is 127 Å². The SMILES string of the molecule is COc1cc(OC)nc(SC(C=O)Cc2ccccc2)n1. The molecule has 110 valence electrons. The number of thioether (sulfide) groups is 1. The van der Waals surface area contributed by atoms with E-state index in [9.17, 15) is 4.79 Å². The fourth-order valence-electron chi connectivity index (χ4n) is 1.74. The predicted molar refractivity (Wildman–Crippen MR) is 81.0 cm³/mol. The molecule has 21 heavy (non-hydrogen) atoms. The van der Waals surface area contributed by atoms with Gasteiger partial charge in [0.05, 0.1) is 25.5 Å². The smallest absolute Gasteiger partial charge is 0.220 e. The second-order valence-electron chi connectivity index (χ2n) is 4.22. The van der Waals surface area contributed by atoms with Crippen molar-refractivity contribution in [3.63, 3.8) is 0 Å². The largest absolute Gasteiger partial charge is 0.481 e. The Balaban J connectivity index is 2.12. The van der Waals surface area contributed by atoms with Gasteiger partial charge in [0.25, 0.3) is 0 Å². The second-order valence-corrected chi connectivity index (χ2v) is 5.42. The molecule has 0 spiro atoms. The number of carbonyl (C=O) groups excluding carboxylic acids is 1. The highest BCUT2D eigenvalue weighted by Crippen LogP contribution is 2.26. The lowest BCUT2D eigenvalue weighted by Gasteiger charge is -2.10. The van der Waals surface area contributed by atoms with E-state index < -0.39 is 0 Å². The van der Waals surface area contributed by atoms with E-state index in [0.717, 1.165) is 11.8 Å². The standard InChI is InChI=1S/C15H16N2O3S/c1-19-13-9-14(20-2)17-15(16-13)21-12(10-18)8-11-6-4-3-5-7-11/h3-7,9-10,12H,8H2,1-2H3. The second kappa shape index (κ2) is 7.64. The maximum Gasteiger partial charge on any atom is 0.220 e. The van der Waals surface area contributed by atoms with Crippen molar-refractivity contribution in [1.29, 1.82) is 0 Å². The predicted octanol–water partition coefficient (Wildman–Crippen LogP) is 2.40. The fourth-order valence-corrected chi connectivity index (χ4v) is 2.63. The van der Waals surface area contributed by atoms with Crippen molar-refractivity contribution in [2.45, 2.75) is 16.8 Å². The summed E-state index contributed by atoms with van der Waals surface area (Å²) in [6.07, 6.45) is 1.53. The van der Waals surface area contributed by atoms with Gasteiger partial charge >= 0.3 is 0 Å². The first-order chi connectivity index (χ1) is 10.2. The minimum atomic E-state index is -0.260. The van der Waals surface area contributed by atoms with Gasteiger partial charge in [0.2, 0.25) is 11.8 Å². The molecule has 0 aliphatic heterocycles. The number of aromatic nitrogens is 2. The third kappa shape index (κ3) is 4.46. The molecular weight excluding hydrogens is 288 g/mol. The molecule has 0 aliphatic carbocycles. The Morgan fingerprint density at radius 2 is 1.76 bits per heavy atom. The molecule has 2 aromatic rings. The lowest BCUT2D eigenvalue weighted by atomic mass is 10.1. The minimum absolute atomic E-state index is 0.260. The molecule has 1 aromatic heterocycles. The van der Waals surface area contributed by atoms with Crippen LogP contribution in [0.25, 0.3) is 0 Å². The molecule has 0 saturated carbocycles. The van der Waals surface area contributed by atoms with E-state index in [0.29, 0.717) is 23.3 Å². The van der Waals surface area contributed by atoms with Gasteiger partial charge in [-0.1, -0.05) is 42.1 Å². The summed E-state index contributed by atoms with van der Waals surface area (Å²) in [6.45, 7) is 0. The van der Waals surface area contributed by atoms with Crippen molar-refractivity contribution >= 4 is 18.0 Å². The van der Waals surface area contributed by atoms with Crippen LogP contribution in [-0.4, -0.2) is 35.7 Å². The molecule has 6 heteroatoms. The molecule has 0 fully saturated rings. The maximum atomic E-state index is 11.3. The van der Waals surface area contributed by atoms with E-state index in [-0.39, 0.29) is 5.25 Å². The van der Waals surface area contributed by atoms with Gasteiger partial charge in [0, 0.05) is 0 Å². The molecule has 1 heterocycles.